The minimum Gasteiger partial charge on any atom is -0.497 e. The number of fused-ring (bicyclic) bond motifs is 2. The number of carbonyl (C=O) groups is 1. The molecule has 2 heterocycles. The van der Waals surface area contributed by atoms with E-state index in [1.807, 2.05) is 36.1 Å². The third-order valence-electron chi connectivity index (χ3n) is 6.22. The second-order valence-corrected chi connectivity index (χ2v) is 8.03. The summed E-state index contributed by atoms with van der Waals surface area (Å²) < 4.78 is 17.4. The van der Waals surface area contributed by atoms with Gasteiger partial charge in [-0.3, -0.25) is 4.79 Å². The Bertz CT molecular complexity index is 926. The van der Waals surface area contributed by atoms with Crippen molar-refractivity contribution in [3.8, 4) is 11.5 Å². The minimum absolute atomic E-state index is 0. The molecule has 2 aromatic rings. The summed E-state index contributed by atoms with van der Waals surface area (Å²) in [5.41, 5.74) is 9.42. The number of aryl methyl sites for hydroxylation is 1. The summed E-state index contributed by atoms with van der Waals surface area (Å²) in [5, 5.41) is 0. The van der Waals surface area contributed by atoms with Crippen LogP contribution in [0, 0.1) is 6.92 Å². The molecule has 1 fully saturated rings. The van der Waals surface area contributed by atoms with E-state index in [-0.39, 0.29) is 23.9 Å². The first-order valence-corrected chi connectivity index (χ1v) is 10.6. The molecule has 7 heteroatoms. The number of hydrogen-bond acceptors (Lipinski definition) is 5. The van der Waals surface area contributed by atoms with Crippen LogP contribution in [0.1, 0.15) is 39.9 Å². The number of ether oxygens (including phenoxy) is 3. The van der Waals surface area contributed by atoms with Crippen LogP contribution in [0.15, 0.2) is 36.4 Å². The van der Waals surface area contributed by atoms with E-state index in [2.05, 4.69) is 12.1 Å². The fraction of sp³-hybridized carbons (Fsp3) is 0.458. The molecule has 4 rings (SSSR count). The van der Waals surface area contributed by atoms with Crippen LogP contribution in [0.25, 0.3) is 0 Å². The molecule has 6 nitrogen and oxygen atoms in total. The van der Waals surface area contributed by atoms with Gasteiger partial charge in [-0.1, -0.05) is 12.1 Å². The van der Waals surface area contributed by atoms with Crippen LogP contribution in [0.2, 0.25) is 0 Å². The molecule has 2 N–H and O–H groups in total. The van der Waals surface area contributed by atoms with E-state index >= 15 is 0 Å². The van der Waals surface area contributed by atoms with Crippen molar-refractivity contribution < 1.29 is 19.0 Å². The monoisotopic (exact) mass is 446 g/mol. The van der Waals surface area contributed by atoms with Crippen molar-refractivity contribution in [3.63, 3.8) is 0 Å². The fourth-order valence-electron chi connectivity index (χ4n) is 4.51. The summed E-state index contributed by atoms with van der Waals surface area (Å²) in [4.78, 5) is 15.0. The van der Waals surface area contributed by atoms with E-state index < -0.39 is 0 Å². The number of nitrogens with zero attached hydrogens (tertiary/aromatic N) is 1. The van der Waals surface area contributed by atoms with Gasteiger partial charge in [0.25, 0.3) is 5.91 Å². The maximum atomic E-state index is 13.1. The van der Waals surface area contributed by atoms with Crippen molar-refractivity contribution >= 4 is 18.3 Å². The zero-order chi connectivity index (χ0) is 21.1. The molecule has 0 bridgehead atoms. The molecule has 0 radical (unpaired) electrons. The second kappa shape index (κ2) is 9.90. The van der Waals surface area contributed by atoms with Crippen LogP contribution in [0.5, 0.6) is 11.5 Å². The number of rotatable bonds is 5. The van der Waals surface area contributed by atoms with Crippen LogP contribution in [0.4, 0.5) is 0 Å². The maximum Gasteiger partial charge on any atom is 0.253 e. The predicted molar refractivity (Wildman–Crippen MR) is 122 cm³/mol. The van der Waals surface area contributed by atoms with Gasteiger partial charge in [0, 0.05) is 25.2 Å². The standard InChI is InChI=1S/C24H30N2O4.ClH/c1-17-3-4-19(16-22(17)29-14-10-25)23(27)26-11-8-24(9-12-26)21-6-5-20(28-2)15-18(21)7-13-30-24;/h3-6,15-16H,7-14,25H2,1-2H3;1H. The van der Waals surface area contributed by atoms with Gasteiger partial charge in [0.05, 0.1) is 19.3 Å². The highest BCUT2D eigenvalue weighted by molar-refractivity contribution is 5.94. The Hall–Kier alpha value is -2.28. The van der Waals surface area contributed by atoms with Crippen LogP contribution in [-0.4, -0.2) is 50.8 Å². The normalized spacial score (nSPS) is 16.9. The van der Waals surface area contributed by atoms with Crippen LogP contribution >= 0.6 is 12.4 Å². The van der Waals surface area contributed by atoms with E-state index in [4.69, 9.17) is 19.9 Å². The van der Waals surface area contributed by atoms with Crippen molar-refractivity contribution in [2.24, 2.45) is 5.73 Å². The topological polar surface area (TPSA) is 74.0 Å². The van der Waals surface area contributed by atoms with Crippen LogP contribution in [-0.2, 0) is 16.8 Å². The molecule has 1 saturated heterocycles. The van der Waals surface area contributed by atoms with E-state index in [1.165, 1.54) is 11.1 Å². The van der Waals surface area contributed by atoms with Gasteiger partial charge in [-0.05, 0) is 67.1 Å². The molecular formula is C24H31ClN2O4. The number of piperidine rings is 1. The van der Waals surface area contributed by atoms with E-state index in [9.17, 15) is 4.79 Å². The lowest BCUT2D eigenvalue weighted by molar-refractivity contribution is -0.0935. The summed E-state index contributed by atoms with van der Waals surface area (Å²) in [6.07, 6.45) is 2.48. The Morgan fingerprint density at radius 3 is 2.68 bits per heavy atom. The van der Waals surface area contributed by atoms with Gasteiger partial charge >= 0.3 is 0 Å². The number of methoxy groups -OCH3 is 1. The highest BCUT2D eigenvalue weighted by Crippen LogP contribution is 2.42. The molecule has 168 valence electrons. The number of benzene rings is 2. The van der Waals surface area contributed by atoms with Crippen molar-refractivity contribution in [1.82, 2.24) is 4.90 Å². The smallest absolute Gasteiger partial charge is 0.253 e. The highest BCUT2D eigenvalue weighted by atomic mass is 35.5. The van der Waals surface area contributed by atoms with E-state index in [1.54, 1.807) is 7.11 Å². The lowest BCUT2D eigenvalue weighted by Crippen LogP contribution is -2.48. The molecule has 1 amide bonds. The number of likely N-dealkylation sites (tertiary alicyclic amines) is 1. The number of amides is 1. The van der Waals surface area contributed by atoms with Crippen molar-refractivity contribution in [2.75, 3.05) is 40.0 Å². The van der Waals surface area contributed by atoms with Gasteiger partial charge in [0.15, 0.2) is 0 Å². The molecule has 0 unspecified atom stereocenters. The van der Waals surface area contributed by atoms with Crippen LogP contribution in [0.3, 0.4) is 0 Å². The summed E-state index contributed by atoms with van der Waals surface area (Å²) in [7, 11) is 1.69. The SMILES string of the molecule is COc1ccc2c(c1)CCOC21CCN(C(=O)c2ccc(C)c(OCCN)c2)CC1.Cl. The van der Waals surface area contributed by atoms with Gasteiger partial charge < -0.3 is 24.8 Å². The molecule has 2 aliphatic heterocycles. The van der Waals surface area contributed by atoms with Gasteiger partial charge in [-0.2, -0.15) is 0 Å². The summed E-state index contributed by atoms with van der Waals surface area (Å²) in [5.74, 6) is 1.64. The largest absolute Gasteiger partial charge is 0.497 e. The first-order valence-electron chi connectivity index (χ1n) is 10.6. The Balaban J connectivity index is 0.00000272. The van der Waals surface area contributed by atoms with Crippen molar-refractivity contribution in [1.29, 1.82) is 0 Å². The van der Waals surface area contributed by atoms with E-state index in [0.29, 0.717) is 38.4 Å². The third-order valence-corrected chi connectivity index (χ3v) is 6.22. The first-order chi connectivity index (χ1) is 14.6. The zero-order valence-electron chi connectivity index (χ0n) is 18.2. The van der Waals surface area contributed by atoms with Crippen LogP contribution < -0.4 is 15.2 Å². The Kier molecular flexibility index (Phi) is 7.46. The summed E-state index contributed by atoms with van der Waals surface area (Å²) in [6.45, 7) is 4.88. The lowest BCUT2D eigenvalue weighted by atomic mass is 9.79. The Labute approximate surface area is 190 Å². The summed E-state index contributed by atoms with van der Waals surface area (Å²) in [6, 6.07) is 11.9. The zero-order valence-corrected chi connectivity index (χ0v) is 19.0. The molecule has 31 heavy (non-hydrogen) atoms. The number of halogens is 1. The third kappa shape index (κ3) is 4.66. The molecule has 0 atom stereocenters. The average molecular weight is 447 g/mol. The van der Waals surface area contributed by atoms with Gasteiger partial charge in [-0.15, -0.1) is 12.4 Å². The second-order valence-electron chi connectivity index (χ2n) is 8.03. The maximum absolute atomic E-state index is 13.1. The van der Waals surface area contributed by atoms with Gasteiger partial charge in [0.1, 0.15) is 18.1 Å². The number of nitrogens with two attached hydrogens (primary N) is 1. The highest BCUT2D eigenvalue weighted by Gasteiger charge is 2.41. The van der Waals surface area contributed by atoms with Gasteiger partial charge in [-0.25, -0.2) is 0 Å². The predicted octanol–water partition coefficient (Wildman–Crippen LogP) is 3.47. The van der Waals surface area contributed by atoms with Crippen molar-refractivity contribution in [2.45, 2.75) is 31.8 Å². The molecule has 0 aromatic heterocycles. The Morgan fingerprint density at radius 2 is 1.97 bits per heavy atom. The Morgan fingerprint density at radius 1 is 1.19 bits per heavy atom. The molecule has 1 spiro atoms. The van der Waals surface area contributed by atoms with Crippen molar-refractivity contribution in [3.05, 3.63) is 58.7 Å². The molecule has 0 saturated carbocycles. The first kappa shape index (κ1) is 23.4. The summed E-state index contributed by atoms with van der Waals surface area (Å²) >= 11 is 0. The lowest BCUT2D eigenvalue weighted by Gasteiger charge is -2.45. The van der Waals surface area contributed by atoms with E-state index in [0.717, 1.165) is 36.3 Å². The molecular weight excluding hydrogens is 416 g/mol. The molecule has 0 aliphatic carbocycles. The quantitative estimate of drug-likeness (QED) is 0.761. The van der Waals surface area contributed by atoms with Gasteiger partial charge in [0.2, 0.25) is 0 Å². The molecule has 2 aliphatic rings. The minimum atomic E-state index is -0.306. The fourth-order valence-corrected chi connectivity index (χ4v) is 4.51. The number of hydrogen-bond donors (Lipinski definition) is 1. The number of carbonyl (C=O) groups excluding carboxylic acids is 1. The average Bonchev–Trinajstić information content (AvgIpc) is 2.78. The molecule has 2 aromatic carbocycles.